The molecule has 0 bridgehead atoms. The molecule has 1 aromatic carbocycles. The number of hydrogen-bond donors (Lipinski definition) is 3. The number of piperidine rings is 3. The second-order valence-electron chi connectivity index (χ2n) is 16.0. The lowest BCUT2D eigenvalue weighted by atomic mass is 9.90. The summed E-state index contributed by atoms with van der Waals surface area (Å²) in [5.74, 6) is 2.77. The van der Waals surface area contributed by atoms with Crippen LogP contribution in [-0.2, 0) is 14.4 Å². The molecule has 3 aromatic heterocycles. The van der Waals surface area contributed by atoms with E-state index in [0.29, 0.717) is 77.3 Å². The number of rotatable bonds is 10. The van der Waals surface area contributed by atoms with Crippen LogP contribution in [0.15, 0.2) is 48.8 Å². The first-order valence-electron chi connectivity index (χ1n) is 20.5. The van der Waals surface area contributed by atoms with Crippen molar-refractivity contribution in [1.29, 1.82) is 0 Å². The average Bonchev–Trinajstić information content (AvgIpc) is 3.71. The van der Waals surface area contributed by atoms with E-state index in [1.165, 1.54) is 17.5 Å². The Kier molecular flexibility index (Phi) is 12.4. The van der Waals surface area contributed by atoms with Crippen LogP contribution in [0.3, 0.4) is 0 Å². The Morgan fingerprint density at radius 3 is 2.39 bits per heavy atom. The van der Waals surface area contributed by atoms with Gasteiger partial charge in [-0.25, -0.2) is 19.9 Å². The van der Waals surface area contributed by atoms with Crippen molar-refractivity contribution in [3.05, 3.63) is 75.6 Å². The minimum Gasteiger partial charge on any atom is -0.357 e. The van der Waals surface area contributed by atoms with Crippen molar-refractivity contribution in [2.75, 3.05) is 79.3 Å². The summed E-state index contributed by atoms with van der Waals surface area (Å²) >= 11 is 7.53. The molecule has 4 saturated heterocycles. The monoisotopic (exact) mass is 839 g/mol. The van der Waals surface area contributed by atoms with Crippen molar-refractivity contribution >= 4 is 74.8 Å². The Morgan fingerprint density at radius 2 is 1.64 bits per heavy atom. The van der Waals surface area contributed by atoms with Gasteiger partial charge in [-0.15, -0.1) is 0 Å². The van der Waals surface area contributed by atoms with E-state index in [4.69, 9.17) is 16.6 Å². The highest BCUT2D eigenvalue weighted by Crippen LogP contribution is 2.31. The zero-order chi connectivity index (χ0) is 41.0. The van der Waals surface area contributed by atoms with Gasteiger partial charge < -0.3 is 30.2 Å². The van der Waals surface area contributed by atoms with Gasteiger partial charge in [0.25, 0.3) is 5.91 Å². The van der Waals surface area contributed by atoms with Gasteiger partial charge in [0.2, 0.25) is 17.7 Å². The van der Waals surface area contributed by atoms with Gasteiger partial charge in [-0.1, -0.05) is 35.1 Å². The largest absolute Gasteiger partial charge is 0.357 e. The predicted octanol–water partition coefficient (Wildman–Crippen LogP) is 5.39. The first-order valence-corrected chi connectivity index (χ1v) is 21.7. The molecule has 4 aliphatic rings. The van der Waals surface area contributed by atoms with Crippen LogP contribution in [0.25, 0.3) is 0 Å². The van der Waals surface area contributed by atoms with Gasteiger partial charge in [0.1, 0.15) is 28.2 Å². The van der Waals surface area contributed by atoms with E-state index in [2.05, 4.69) is 45.6 Å². The van der Waals surface area contributed by atoms with Crippen molar-refractivity contribution in [2.24, 2.45) is 11.8 Å². The van der Waals surface area contributed by atoms with E-state index in [9.17, 15) is 19.2 Å². The molecule has 59 heavy (non-hydrogen) atoms. The minimum absolute atomic E-state index is 0.0541. The number of hydrogen-bond acceptors (Lipinski definition) is 13. The van der Waals surface area contributed by atoms with Crippen molar-refractivity contribution < 1.29 is 19.2 Å². The summed E-state index contributed by atoms with van der Waals surface area (Å²) in [7, 11) is 0. The number of benzene rings is 1. The molecule has 4 fully saturated rings. The van der Waals surface area contributed by atoms with Crippen LogP contribution in [0, 0.1) is 25.7 Å². The van der Waals surface area contributed by atoms with E-state index in [1.54, 1.807) is 12.3 Å². The smallest absolute Gasteiger partial charge is 0.267 e. The number of halogens is 1. The molecule has 8 rings (SSSR count). The summed E-state index contributed by atoms with van der Waals surface area (Å²) in [6.45, 7) is 11.2. The second-order valence-corrected chi connectivity index (χ2v) is 17.4. The SMILES string of the molecule is Cc1nc(Nc2ncc(C(=O)Nc3c(C)cccc3Cl)s2)cc(N2CCN(C(=O)C3CCN(CC4CCN(c5cc(C6CCC(=O)NC6=O)ccn5)CC4)CC3)CC2)n1. The first-order chi connectivity index (χ1) is 28.6. The third kappa shape index (κ3) is 9.66. The van der Waals surface area contributed by atoms with Gasteiger partial charge in [-0.05, 0) is 94.3 Å². The minimum atomic E-state index is -0.307. The molecule has 0 spiro atoms. The number of anilines is 5. The number of aryl methyl sites for hydroxylation is 2. The third-order valence-electron chi connectivity index (χ3n) is 12.0. The summed E-state index contributed by atoms with van der Waals surface area (Å²) in [5.41, 5.74) is 2.37. The molecular weight excluding hydrogens is 790 g/mol. The molecule has 1 unspecified atom stereocenters. The molecule has 15 nitrogen and oxygen atoms in total. The molecular formula is C42H50ClN11O4S. The summed E-state index contributed by atoms with van der Waals surface area (Å²) in [5, 5.41) is 9.61. The van der Waals surface area contributed by atoms with Gasteiger partial charge in [-0.2, -0.15) is 0 Å². The fourth-order valence-corrected chi connectivity index (χ4v) is 9.60. The topological polar surface area (TPSA) is 169 Å². The van der Waals surface area contributed by atoms with Crippen LogP contribution >= 0.6 is 22.9 Å². The normalized spacial score (nSPS) is 19.8. The Hall–Kier alpha value is -5.19. The molecule has 7 heterocycles. The van der Waals surface area contributed by atoms with E-state index >= 15 is 0 Å². The molecule has 4 aromatic rings. The Labute approximate surface area is 352 Å². The number of carbonyl (C=O) groups is 4. The second kappa shape index (κ2) is 18.0. The van der Waals surface area contributed by atoms with Crippen LogP contribution < -0.4 is 25.8 Å². The first kappa shape index (κ1) is 40.6. The van der Waals surface area contributed by atoms with Crippen molar-refractivity contribution in [3.63, 3.8) is 0 Å². The predicted molar refractivity (Wildman–Crippen MR) is 229 cm³/mol. The highest BCUT2D eigenvalue weighted by Gasteiger charge is 2.33. The number of imide groups is 1. The maximum atomic E-state index is 13.7. The number of nitrogens with one attached hydrogen (secondary N) is 3. The van der Waals surface area contributed by atoms with Crippen LogP contribution in [-0.4, -0.2) is 112 Å². The van der Waals surface area contributed by atoms with E-state index in [-0.39, 0.29) is 35.5 Å². The fourth-order valence-electron chi connectivity index (χ4n) is 8.61. The van der Waals surface area contributed by atoms with E-state index < -0.39 is 0 Å². The van der Waals surface area contributed by atoms with Gasteiger partial charge in [0, 0.05) is 70.4 Å². The summed E-state index contributed by atoms with van der Waals surface area (Å²) < 4.78 is 0. The summed E-state index contributed by atoms with van der Waals surface area (Å²) in [6, 6.07) is 11.3. The van der Waals surface area contributed by atoms with Crippen LogP contribution in [0.2, 0.25) is 5.02 Å². The number of piperazine rings is 1. The van der Waals surface area contributed by atoms with Crippen LogP contribution in [0.4, 0.5) is 28.3 Å². The lowest BCUT2D eigenvalue weighted by Crippen LogP contribution is -2.52. The Balaban J connectivity index is 0.768. The number of pyridine rings is 1. The molecule has 0 radical (unpaired) electrons. The van der Waals surface area contributed by atoms with Crippen molar-refractivity contribution in [2.45, 2.75) is 58.3 Å². The molecule has 0 saturated carbocycles. The quantitative estimate of drug-likeness (QED) is 0.175. The molecule has 4 amide bonds. The third-order valence-corrected chi connectivity index (χ3v) is 13.2. The van der Waals surface area contributed by atoms with Gasteiger partial charge >= 0.3 is 0 Å². The number of likely N-dealkylation sites (tertiary alicyclic amines) is 1. The highest BCUT2D eigenvalue weighted by atomic mass is 35.5. The standard InChI is InChI=1S/C42H50ClN11O4S/c1-26-4-3-5-32(43)38(26)50-40(57)33-24-45-42(59-33)48-34-23-36(47-27(2)46-34)53-18-20-54(21-19-53)41(58)29-11-14-51(15-12-29)25-28-9-16-52(17-10-28)35-22-30(8-13-44-35)31-6-7-37(55)49-39(31)56/h3-5,8,13,22-24,28-29,31H,6-7,9-12,14-21,25H2,1-2H3,(H,50,57)(H,49,55,56)(H,45,46,47,48). The van der Waals surface area contributed by atoms with Gasteiger partial charge in [-0.3, -0.25) is 24.5 Å². The summed E-state index contributed by atoms with van der Waals surface area (Å²) in [4.78, 5) is 78.5. The van der Waals surface area contributed by atoms with E-state index in [0.717, 1.165) is 81.2 Å². The maximum absolute atomic E-state index is 13.7. The molecule has 4 aliphatic heterocycles. The molecule has 1 atom stereocenters. The van der Waals surface area contributed by atoms with Gasteiger partial charge in [0.15, 0.2) is 5.13 Å². The Bertz CT molecular complexity index is 2180. The van der Waals surface area contributed by atoms with Crippen molar-refractivity contribution in [1.82, 2.24) is 35.1 Å². The van der Waals surface area contributed by atoms with Crippen molar-refractivity contribution in [3.8, 4) is 0 Å². The number of amides is 4. The molecule has 3 N–H and O–H groups in total. The molecule has 0 aliphatic carbocycles. The lowest BCUT2D eigenvalue weighted by molar-refractivity contribution is -0.137. The zero-order valence-corrected chi connectivity index (χ0v) is 35.0. The highest BCUT2D eigenvalue weighted by molar-refractivity contribution is 7.17. The summed E-state index contributed by atoms with van der Waals surface area (Å²) in [6.07, 6.45) is 8.12. The average molecular weight is 840 g/mol. The van der Waals surface area contributed by atoms with Crippen LogP contribution in [0.5, 0.6) is 0 Å². The maximum Gasteiger partial charge on any atom is 0.267 e. The number of para-hydroxylation sites is 1. The number of aromatic nitrogens is 4. The Morgan fingerprint density at radius 1 is 0.881 bits per heavy atom. The van der Waals surface area contributed by atoms with Gasteiger partial charge in [0.05, 0.1) is 22.8 Å². The fraction of sp³-hybridized carbons (Fsp3) is 0.476. The molecule has 310 valence electrons. The zero-order valence-electron chi connectivity index (χ0n) is 33.5. The number of nitrogens with zero attached hydrogens (tertiary/aromatic N) is 8. The van der Waals surface area contributed by atoms with Crippen LogP contribution in [0.1, 0.15) is 71.1 Å². The lowest BCUT2D eigenvalue weighted by Gasteiger charge is -2.40. The van der Waals surface area contributed by atoms with E-state index in [1.807, 2.05) is 49.1 Å². The number of carbonyl (C=O) groups excluding carboxylic acids is 4. The number of thiazole rings is 1. The molecule has 17 heteroatoms.